The van der Waals surface area contributed by atoms with E-state index in [4.69, 9.17) is 9.47 Å². The molecule has 56 heavy (non-hydrogen) atoms. The Bertz CT molecular complexity index is 1790. The molecule has 3 aliphatic carbocycles. The van der Waals surface area contributed by atoms with Gasteiger partial charge in [0.05, 0.1) is 13.2 Å². The molecule has 0 spiro atoms. The van der Waals surface area contributed by atoms with Gasteiger partial charge in [0.2, 0.25) is 0 Å². The summed E-state index contributed by atoms with van der Waals surface area (Å²) >= 11 is 0. The fraction of sp³-hybridized carbons (Fsp3) is 0.577. The van der Waals surface area contributed by atoms with Crippen LogP contribution in [0.15, 0.2) is 70.9 Å². The van der Waals surface area contributed by atoms with Crippen LogP contribution in [0.3, 0.4) is 0 Å². The van der Waals surface area contributed by atoms with Gasteiger partial charge in [-0.3, -0.25) is 9.59 Å². The number of ether oxygens (including phenoxy) is 2. The molecular weight excluding hydrogens is 689 g/mol. The Morgan fingerprint density at radius 3 is 1.16 bits per heavy atom. The van der Waals surface area contributed by atoms with Crippen LogP contribution in [0.2, 0.25) is 0 Å². The van der Waals surface area contributed by atoms with Crippen LogP contribution in [0.25, 0.3) is 0 Å². The molecule has 4 heteroatoms. The maximum Gasteiger partial charge on any atom is 0.166 e. The largest absolute Gasteiger partial charge is 0.493 e. The number of Topliss-reactive ketones (excluding diaryl/α,β-unsaturated/α-hetero) is 2. The Morgan fingerprint density at radius 1 is 0.518 bits per heavy atom. The van der Waals surface area contributed by atoms with Gasteiger partial charge in [0.1, 0.15) is 11.5 Å². The second-order valence-corrected chi connectivity index (χ2v) is 20.9. The van der Waals surface area contributed by atoms with E-state index < -0.39 is 0 Å². The number of rotatable bonds is 8. The van der Waals surface area contributed by atoms with Crippen LogP contribution < -0.4 is 9.47 Å². The standard InChI is InChI=1S/C52H72O4/c1-15-17-19-55-47-37-21-33-25-41(49(3,4)5)27-35(45(33)53)23-39-31-44(52(12,13)14)32-40(48(39)56-20-18-16-2)24-36-28-42(50(6,7)8)26-34(46(36)54)22-38(47)30-43(29-37)51(9,10)11/h25-33,36H,15-24H2,1-14H3. The van der Waals surface area contributed by atoms with Crippen LogP contribution in [0.4, 0.5) is 0 Å². The van der Waals surface area contributed by atoms with Crippen LogP contribution in [-0.4, -0.2) is 24.8 Å². The number of hydrogen-bond acceptors (Lipinski definition) is 4. The lowest BCUT2D eigenvalue weighted by molar-refractivity contribution is -0.118. The number of unbranched alkanes of at least 4 members (excludes halogenated alkanes) is 2. The number of fused-ring (bicyclic) bond motifs is 8. The van der Waals surface area contributed by atoms with Crippen molar-refractivity contribution in [1.29, 1.82) is 0 Å². The summed E-state index contributed by atoms with van der Waals surface area (Å²) in [5.74, 6) is 1.33. The van der Waals surface area contributed by atoms with Gasteiger partial charge >= 0.3 is 0 Å². The molecule has 2 aromatic rings. The summed E-state index contributed by atoms with van der Waals surface area (Å²) in [4.78, 5) is 29.9. The molecule has 0 aliphatic heterocycles. The van der Waals surface area contributed by atoms with Gasteiger partial charge in [-0.1, -0.05) is 158 Å². The second-order valence-electron chi connectivity index (χ2n) is 20.9. The summed E-state index contributed by atoms with van der Waals surface area (Å²) in [6.07, 6.45) is 14.7. The Balaban J connectivity index is 1.85. The summed E-state index contributed by atoms with van der Waals surface area (Å²) in [6.45, 7) is 32.4. The van der Waals surface area contributed by atoms with E-state index in [2.05, 4.69) is 146 Å². The van der Waals surface area contributed by atoms with E-state index in [0.29, 0.717) is 38.9 Å². The first kappa shape index (κ1) is 43.5. The molecule has 4 nitrogen and oxygen atoms in total. The minimum atomic E-state index is -0.348. The van der Waals surface area contributed by atoms with Gasteiger partial charge in [-0.25, -0.2) is 0 Å². The van der Waals surface area contributed by atoms with Crippen LogP contribution in [0, 0.1) is 22.7 Å². The molecule has 0 N–H and O–H groups in total. The van der Waals surface area contributed by atoms with Crippen LogP contribution in [-0.2, 0) is 46.1 Å². The van der Waals surface area contributed by atoms with E-state index >= 15 is 0 Å². The molecule has 0 radical (unpaired) electrons. The monoisotopic (exact) mass is 761 g/mol. The third kappa shape index (κ3) is 10.1. The van der Waals surface area contributed by atoms with Gasteiger partial charge in [-0.05, 0) is 91.9 Å². The van der Waals surface area contributed by atoms with Crippen molar-refractivity contribution >= 4 is 11.6 Å². The summed E-state index contributed by atoms with van der Waals surface area (Å²) < 4.78 is 13.6. The minimum Gasteiger partial charge on any atom is -0.493 e. The van der Waals surface area contributed by atoms with Crippen LogP contribution >= 0.6 is 0 Å². The van der Waals surface area contributed by atoms with Crippen molar-refractivity contribution in [3.63, 3.8) is 0 Å². The van der Waals surface area contributed by atoms with Gasteiger partial charge in [-0.15, -0.1) is 0 Å². The highest BCUT2D eigenvalue weighted by atomic mass is 16.5. The zero-order chi connectivity index (χ0) is 41.4. The van der Waals surface area contributed by atoms with Crippen molar-refractivity contribution in [2.24, 2.45) is 22.7 Å². The van der Waals surface area contributed by atoms with Gasteiger partial charge in [0, 0.05) is 35.8 Å². The zero-order valence-electron chi connectivity index (χ0n) is 37.5. The Labute approximate surface area is 340 Å². The van der Waals surface area contributed by atoms with E-state index in [1.54, 1.807) is 0 Å². The molecule has 0 saturated carbocycles. The average molecular weight is 761 g/mol. The van der Waals surface area contributed by atoms with E-state index in [0.717, 1.165) is 70.6 Å². The lowest BCUT2D eigenvalue weighted by atomic mass is 9.73. The summed E-state index contributed by atoms with van der Waals surface area (Å²) in [5.41, 5.74) is 9.96. The van der Waals surface area contributed by atoms with Crippen molar-refractivity contribution in [3.8, 4) is 11.5 Å². The lowest BCUT2D eigenvalue weighted by Crippen LogP contribution is -2.28. The van der Waals surface area contributed by atoms with Gasteiger partial charge < -0.3 is 9.47 Å². The Hall–Kier alpha value is -3.66. The van der Waals surface area contributed by atoms with Gasteiger partial charge in [0.25, 0.3) is 0 Å². The number of carbonyl (C=O) groups is 2. The van der Waals surface area contributed by atoms with Gasteiger partial charge in [-0.2, -0.15) is 0 Å². The first-order valence-corrected chi connectivity index (χ1v) is 21.5. The van der Waals surface area contributed by atoms with E-state index in [9.17, 15) is 9.59 Å². The molecule has 0 fully saturated rings. The zero-order valence-corrected chi connectivity index (χ0v) is 37.5. The smallest absolute Gasteiger partial charge is 0.166 e. The van der Waals surface area contributed by atoms with Crippen molar-refractivity contribution in [2.45, 2.75) is 159 Å². The van der Waals surface area contributed by atoms with Crippen LogP contribution in [0.1, 0.15) is 156 Å². The molecule has 0 saturated heterocycles. The second kappa shape index (κ2) is 16.7. The maximum atomic E-state index is 15.0. The van der Waals surface area contributed by atoms with Crippen molar-refractivity contribution in [2.75, 3.05) is 13.2 Å². The fourth-order valence-corrected chi connectivity index (χ4v) is 8.02. The average Bonchev–Trinajstić information content (AvgIpc) is 3.07. The normalized spacial score (nSPS) is 19.5. The number of allylic oxidation sites excluding steroid dienone is 8. The first-order valence-electron chi connectivity index (χ1n) is 21.5. The molecule has 2 aromatic carbocycles. The maximum absolute atomic E-state index is 15.0. The van der Waals surface area contributed by atoms with E-state index in [1.165, 1.54) is 22.3 Å². The van der Waals surface area contributed by atoms with Crippen LogP contribution in [0.5, 0.6) is 11.5 Å². The highest BCUT2D eigenvalue weighted by Gasteiger charge is 2.35. The molecular formula is C52H72O4. The third-order valence-electron chi connectivity index (χ3n) is 11.8. The molecule has 304 valence electrons. The number of ketones is 2. The van der Waals surface area contributed by atoms with Gasteiger partial charge in [0.15, 0.2) is 11.6 Å². The summed E-state index contributed by atoms with van der Waals surface area (Å²) in [7, 11) is 0. The molecule has 2 unspecified atom stereocenters. The molecule has 5 rings (SSSR count). The predicted molar refractivity (Wildman–Crippen MR) is 234 cm³/mol. The highest BCUT2D eigenvalue weighted by molar-refractivity contribution is 6.02. The number of benzene rings is 2. The van der Waals surface area contributed by atoms with E-state index in [-0.39, 0.29) is 45.1 Å². The summed E-state index contributed by atoms with van der Waals surface area (Å²) in [5, 5.41) is 0. The minimum absolute atomic E-state index is 0.147. The predicted octanol–water partition coefficient (Wildman–Crippen LogP) is 12.7. The fourth-order valence-electron chi connectivity index (χ4n) is 8.02. The number of hydrogen-bond donors (Lipinski definition) is 0. The van der Waals surface area contributed by atoms with Crippen molar-refractivity contribution in [3.05, 3.63) is 104 Å². The van der Waals surface area contributed by atoms with E-state index in [1.807, 2.05) is 0 Å². The number of carbonyl (C=O) groups excluding carboxylic acids is 2. The van der Waals surface area contributed by atoms with Crippen molar-refractivity contribution < 1.29 is 19.1 Å². The Kier molecular flexibility index (Phi) is 12.9. The highest BCUT2D eigenvalue weighted by Crippen LogP contribution is 2.43. The molecule has 8 bridgehead atoms. The van der Waals surface area contributed by atoms with Crippen molar-refractivity contribution in [1.82, 2.24) is 0 Å². The lowest BCUT2D eigenvalue weighted by Gasteiger charge is -2.32. The molecule has 0 heterocycles. The molecule has 2 atom stereocenters. The molecule has 0 aromatic heterocycles. The summed E-state index contributed by atoms with van der Waals surface area (Å²) in [6, 6.07) is 9.11. The topological polar surface area (TPSA) is 52.6 Å². The molecule has 3 aliphatic rings. The quantitative estimate of drug-likeness (QED) is 0.251. The molecule has 0 amide bonds. The Morgan fingerprint density at radius 2 is 0.857 bits per heavy atom. The SMILES string of the molecule is CCCCOc1c2cc(C(C)(C)C)cc1CC1C=C(C(C)(C)C)C=C(Cc3cc(C(C)(C)C)cc(c3OCCCC)CC3C=C(C(C)(C)C)C=C(C2)C3=O)C1=O. The third-order valence-corrected chi connectivity index (χ3v) is 11.8. The first-order chi connectivity index (χ1) is 26.0.